The van der Waals surface area contributed by atoms with Gasteiger partial charge >= 0.3 is 0 Å². The molecular formula is C18H25NO2. The van der Waals surface area contributed by atoms with Gasteiger partial charge in [0.05, 0.1) is 5.54 Å². The number of phenolic OH excluding ortho intramolecular Hbond substituents is 1. The summed E-state index contributed by atoms with van der Waals surface area (Å²) in [6.07, 6.45) is 3.86. The number of aliphatic imine (C=N–C) groups is 1. The SMILES string of the molecule is CC1(C)[C@@H]2C[C@@H](CO)[C@@](C)(N=Cc3ccccc3O)C[C@@H]21. The first-order valence-corrected chi connectivity index (χ1v) is 7.82. The fourth-order valence-electron chi connectivity index (χ4n) is 4.15. The maximum Gasteiger partial charge on any atom is 0.124 e. The van der Waals surface area contributed by atoms with Crippen molar-refractivity contribution in [2.75, 3.05) is 6.61 Å². The van der Waals surface area contributed by atoms with Gasteiger partial charge in [-0.25, -0.2) is 0 Å². The number of aliphatic hydroxyl groups is 1. The van der Waals surface area contributed by atoms with Gasteiger partial charge in [-0.05, 0) is 49.1 Å². The van der Waals surface area contributed by atoms with Gasteiger partial charge in [0.25, 0.3) is 0 Å². The average Bonchev–Trinajstić information content (AvgIpc) is 2.97. The Morgan fingerprint density at radius 3 is 2.62 bits per heavy atom. The summed E-state index contributed by atoms with van der Waals surface area (Å²) >= 11 is 0. The van der Waals surface area contributed by atoms with Crippen LogP contribution < -0.4 is 0 Å². The van der Waals surface area contributed by atoms with Crippen molar-refractivity contribution in [3.05, 3.63) is 29.8 Å². The van der Waals surface area contributed by atoms with Crippen LogP contribution in [0.5, 0.6) is 5.75 Å². The van der Waals surface area contributed by atoms with E-state index in [9.17, 15) is 10.2 Å². The number of rotatable bonds is 3. The molecule has 0 spiro atoms. The molecule has 1 aromatic carbocycles. The van der Waals surface area contributed by atoms with Gasteiger partial charge in [-0.15, -0.1) is 0 Å². The zero-order valence-corrected chi connectivity index (χ0v) is 13.1. The molecule has 0 aliphatic heterocycles. The van der Waals surface area contributed by atoms with E-state index in [-0.39, 0.29) is 23.8 Å². The van der Waals surface area contributed by atoms with Crippen molar-refractivity contribution in [3.8, 4) is 5.75 Å². The quantitative estimate of drug-likeness (QED) is 0.839. The summed E-state index contributed by atoms with van der Waals surface area (Å²) < 4.78 is 0. The Labute approximate surface area is 126 Å². The van der Waals surface area contributed by atoms with E-state index in [1.807, 2.05) is 18.2 Å². The van der Waals surface area contributed by atoms with E-state index in [0.717, 1.165) is 24.3 Å². The molecule has 0 radical (unpaired) electrons. The molecule has 0 unspecified atom stereocenters. The third-order valence-corrected chi connectivity index (χ3v) is 5.99. The molecule has 2 N–H and O–H groups in total. The third kappa shape index (κ3) is 2.38. The Bertz CT molecular complexity index is 566. The van der Waals surface area contributed by atoms with Gasteiger partial charge in [-0.3, -0.25) is 4.99 Å². The van der Waals surface area contributed by atoms with Gasteiger partial charge in [0.15, 0.2) is 0 Å². The molecule has 3 nitrogen and oxygen atoms in total. The van der Waals surface area contributed by atoms with E-state index in [1.54, 1.807) is 12.3 Å². The van der Waals surface area contributed by atoms with Gasteiger partial charge in [-0.2, -0.15) is 0 Å². The van der Waals surface area contributed by atoms with Crippen LogP contribution >= 0.6 is 0 Å². The molecule has 3 heteroatoms. The molecule has 114 valence electrons. The van der Waals surface area contributed by atoms with Crippen molar-refractivity contribution in [3.63, 3.8) is 0 Å². The molecule has 4 atom stereocenters. The number of aliphatic hydroxyl groups excluding tert-OH is 1. The summed E-state index contributed by atoms with van der Waals surface area (Å²) in [5.74, 6) is 1.92. The largest absolute Gasteiger partial charge is 0.507 e. The second-order valence-electron chi connectivity index (χ2n) is 7.53. The van der Waals surface area contributed by atoms with E-state index < -0.39 is 0 Å². The molecule has 2 aliphatic carbocycles. The van der Waals surface area contributed by atoms with Crippen molar-refractivity contribution in [2.45, 2.75) is 39.2 Å². The lowest BCUT2D eigenvalue weighted by Gasteiger charge is -2.37. The number of hydrogen-bond acceptors (Lipinski definition) is 3. The number of phenols is 1. The summed E-state index contributed by atoms with van der Waals surface area (Å²) in [6, 6.07) is 7.24. The molecule has 2 fully saturated rings. The monoisotopic (exact) mass is 287 g/mol. The van der Waals surface area contributed by atoms with Crippen LogP contribution in [0, 0.1) is 23.2 Å². The van der Waals surface area contributed by atoms with Gasteiger partial charge < -0.3 is 10.2 Å². The molecule has 3 rings (SSSR count). The Morgan fingerprint density at radius 1 is 1.24 bits per heavy atom. The van der Waals surface area contributed by atoms with Gasteiger partial charge in [0.1, 0.15) is 5.75 Å². The highest BCUT2D eigenvalue weighted by atomic mass is 16.3. The highest BCUT2D eigenvalue weighted by Crippen LogP contribution is 2.68. The first kappa shape index (κ1) is 14.6. The van der Waals surface area contributed by atoms with Crippen LogP contribution in [0.1, 0.15) is 39.2 Å². The summed E-state index contributed by atoms with van der Waals surface area (Å²) in [7, 11) is 0. The normalized spacial score (nSPS) is 37.4. The predicted octanol–water partition coefficient (Wildman–Crippen LogP) is 3.24. The Hall–Kier alpha value is -1.35. The fraction of sp³-hybridized carbons (Fsp3) is 0.611. The van der Waals surface area contributed by atoms with Crippen molar-refractivity contribution in [1.29, 1.82) is 0 Å². The molecule has 0 aromatic heterocycles. The molecule has 0 saturated heterocycles. The molecule has 1 aromatic rings. The first-order chi connectivity index (χ1) is 9.88. The zero-order chi connectivity index (χ0) is 15.3. The molecule has 0 bridgehead atoms. The number of aromatic hydroxyl groups is 1. The van der Waals surface area contributed by atoms with Gasteiger partial charge in [-0.1, -0.05) is 26.0 Å². The van der Waals surface area contributed by atoms with Gasteiger partial charge in [0, 0.05) is 24.3 Å². The minimum Gasteiger partial charge on any atom is -0.507 e. The van der Waals surface area contributed by atoms with Crippen molar-refractivity contribution >= 4 is 6.21 Å². The molecule has 2 aliphatic rings. The number of hydrogen-bond donors (Lipinski definition) is 2. The number of benzene rings is 1. The molecule has 0 amide bonds. The predicted molar refractivity (Wildman–Crippen MR) is 84.7 cm³/mol. The molecular weight excluding hydrogens is 262 g/mol. The van der Waals surface area contributed by atoms with Crippen LogP contribution in [0.15, 0.2) is 29.3 Å². The van der Waals surface area contributed by atoms with E-state index in [0.29, 0.717) is 11.3 Å². The molecule has 0 heterocycles. The summed E-state index contributed by atoms with van der Waals surface area (Å²) in [6.45, 7) is 6.99. The summed E-state index contributed by atoms with van der Waals surface area (Å²) in [4.78, 5) is 4.80. The number of nitrogens with zero attached hydrogens (tertiary/aromatic N) is 1. The highest BCUT2D eigenvalue weighted by molar-refractivity contribution is 5.83. The number of fused-ring (bicyclic) bond motifs is 1. The Balaban J connectivity index is 1.84. The lowest BCUT2D eigenvalue weighted by molar-refractivity contribution is 0.117. The van der Waals surface area contributed by atoms with Crippen LogP contribution in [0.25, 0.3) is 0 Å². The van der Waals surface area contributed by atoms with E-state index in [4.69, 9.17) is 4.99 Å². The first-order valence-electron chi connectivity index (χ1n) is 7.82. The molecule has 21 heavy (non-hydrogen) atoms. The van der Waals surface area contributed by atoms with E-state index in [2.05, 4.69) is 20.8 Å². The second kappa shape index (κ2) is 4.84. The third-order valence-electron chi connectivity index (χ3n) is 5.99. The lowest BCUT2D eigenvalue weighted by atomic mass is 9.75. The van der Waals surface area contributed by atoms with Gasteiger partial charge in [0.2, 0.25) is 0 Å². The zero-order valence-electron chi connectivity index (χ0n) is 13.1. The Kier molecular flexibility index (Phi) is 3.36. The highest BCUT2D eigenvalue weighted by Gasteiger charge is 2.63. The summed E-state index contributed by atoms with van der Waals surface area (Å²) in [5, 5.41) is 19.6. The van der Waals surface area contributed by atoms with Crippen LogP contribution in [0.3, 0.4) is 0 Å². The van der Waals surface area contributed by atoms with Crippen LogP contribution in [0.4, 0.5) is 0 Å². The lowest BCUT2D eigenvalue weighted by Crippen LogP contribution is -2.39. The molecule has 2 saturated carbocycles. The van der Waals surface area contributed by atoms with E-state index in [1.165, 1.54) is 0 Å². The van der Waals surface area contributed by atoms with Crippen molar-refractivity contribution in [1.82, 2.24) is 0 Å². The maximum atomic E-state index is 9.85. The topological polar surface area (TPSA) is 52.8 Å². The summed E-state index contributed by atoms with van der Waals surface area (Å²) in [5.41, 5.74) is 0.911. The van der Waals surface area contributed by atoms with Crippen molar-refractivity contribution in [2.24, 2.45) is 28.2 Å². The van der Waals surface area contributed by atoms with Crippen LogP contribution in [-0.2, 0) is 0 Å². The minimum absolute atomic E-state index is 0.188. The fourth-order valence-corrected chi connectivity index (χ4v) is 4.15. The van der Waals surface area contributed by atoms with Crippen LogP contribution in [0.2, 0.25) is 0 Å². The van der Waals surface area contributed by atoms with Crippen LogP contribution in [-0.4, -0.2) is 28.6 Å². The van der Waals surface area contributed by atoms with E-state index >= 15 is 0 Å². The Morgan fingerprint density at radius 2 is 1.95 bits per heavy atom. The minimum atomic E-state index is -0.230. The van der Waals surface area contributed by atoms with Crippen molar-refractivity contribution < 1.29 is 10.2 Å². The second-order valence-corrected chi connectivity index (χ2v) is 7.53. The average molecular weight is 287 g/mol. The number of para-hydroxylation sites is 1. The smallest absolute Gasteiger partial charge is 0.124 e. The standard InChI is InChI=1S/C18H25NO2/c1-17(2)14-8-13(11-20)18(3,9-15(14)17)19-10-12-6-4-5-7-16(12)21/h4-7,10,13-15,20-21H,8-9,11H2,1-3H3/t13-,14+,15-,18-/m0/s1. The maximum absolute atomic E-state index is 9.85.